The van der Waals surface area contributed by atoms with Gasteiger partial charge in [0, 0.05) is 25.2 Å². The molecule has 0 unspecified atom stereocenters. The van der Waals surface area contributed by atoms with Crippen molar-refractivity contribution in [2.24, 2.45) is 0 Å². The van der Waals surface area contributed by atoms with Gasteiger partial charge in [0.05, 0.1) is 0 Å². The van der Waals surface area contributed by atoms with Gasteiger partial charge in [-0.25, -0.2) is 4.39 Å². The van der Waals surface area contributed by atoms with Gasteiger partial charge < -0.3 is 15.3 Å². The van der Waals surface area contributed by atoms with Crippen molar-refractivity contribution in [3.8, 4) is 0 Å². The zero-order valence-corrected chi connectivity index (χ0v) is 12.4. The number of halogens is 1. The van der Waals surface area contributed by atoms with Crippen molar-refractivity contribution in [1.29, 1.82) is 0 Å². The van der Waals surface area contributed by atoms with Crippen LogP contribution in [0.25, 0.3) is 0 Å². The first-order valence-electron chi connectivity index (χ1n) is 7.52. The van der Waals surface area contributed by atoms with E-state index in [1.807, 2.05) is 6.92 Å². The van der Waals surface area contributed by atoms with Gasteiger partial charge in [-0.2, -0.15) is 0 Å². The lowest BCUT2D eigenvalue weighted by Gasteiger charge is -2.38. The second-order valence-corrected chi connectivity index (χ2v) is 5.63. The van der Waals surface area contributed by atoms with E-state index < -0.39 is 5.60 Å². The molecule has 1 aromatic rings. The van der Waals surface area contributed by atoms with E-state index in [4.69, 9.17) is 0 Å². The summed E-state index contributed by atoms with van der Waals surface area (Å²) in [6.07, 6.45) is 2.13. The predicted octanol–water partition coefficient (Wildman–Crippen LogP) is 1.68. The number of nitrogens with zero attached hydrogens (tertiary/aromatic N) is 1. The highest BCUT2D eigenvalue weighted by atomic mass is 19.1. The third kappa shape index (κ3) is 3.80. The zero-order chi connectivity index (χ0) is 15.3. The maximum atomic E-state index is 13.7. The molecular formula is C16H23FN2O2. The molecule has 1 saturated heterocycles. The second-order valence-electron chi connectivity index (χ2n) is 5.63. The number of rotatable bonds is 6. The van der Waals surface area contributed by atoms with E-state index in [-0.39, 0.29) is 24.8 Å². The Bertz CT molecular complexity index is 495. The van der Waals surface area contributed by atoms with Crippen LogP contribution in [0.3, 0.4) is 0 Å². The van der Waals surface area contributed by atoms with Crippen molar-refractivity contribution in [2.45, 2.75) is 38.3 Å². The molecule has 1 heterocycles. The molecule has 1 atom stereocenters. The van der Waals surface area contributed by atoms with Gasteiger partial charge in [0.1, 0.15) is 5.82 Å². The fourth-order valence-corrected chi connectivity index (χ4v) is 2.68. The molecular weight excluding hydrogens is 271 g/mol. The first-order valence-corrected chi connectivity index (χ1v) is 7.52. The Kier molecular flexibility index (Phi) is 5.31. The van der Waals surface area contributed by atoms with Gasteiger partial charge in [0.25, 0.3) is 5.91 Å². The van der Waals surface area contributed by atoms with Crippen molar-refractivity contribution in [3.63, 3.8) is 0 Å². The number of likely N-dealkylation sites (tertiary alicyclic amines) is 1. The maximum Gasteiger partial charge on any atom is 0.256 e. The first kappa shape index (κ1) is 15.9. The molecule has 0 spiro atoms. The van der Waals surface area contributed by atoms with Gasteiger partial charge in [0.15, 0.2) is 5.60 Å². The smallest absolute Gasteiger partial charge is 0.256 e. The Balaban J connectivity index is 2.04. The Morgan fingerprint density at radius 2 is 2.19 bits per heavy atom. The quantitative estimate of drug-likeness (QED) is 0.785. The van der Waals surface area contributed by atoms with Gasteiger partial charge in [-0.1, -0.05) is 25.1 Å². The number of nitrogens with one attached hydrogen (secondary N) is 1. The molecule has 1 fully saturated rings. The molecule has 1 aliphatic heterocycles. The summed E-state index contributed by atoms with van der Waals surface area (Å²) < 4.78 is 13.7. The molecule has 116 valence electrons. The molecule has 0 aromatic heterocycles. The van der Waals surface area contributed by atoms with Crippen LogP contribution in [0.2, 0.25) is 0 Å². The Labute approximate surface area is 125 Å². The van der Waals surface area contributed by atoms with Crippen molar-refractivity contribution in [1.82, 2.24) is 10.2 Å². The van der Waals surface area contributed by atoms with E-state index in [0.717, 1.165) is 19.4 Å². The fraction of sp³-hybridized carbons (Fsp3) is 0.562. The van der Waals surface area contributed by atoms with Gasteiger partial charge in [-0.3, -0.25) is 4.79 Å². The molecule has 0 bridgehead atoms. The lowest BCUT2D eigenvalue weighted by atomic mass is 9.91. The molecule has 0 saturated carbocycles. The van der Waals surface area contributed by atoms with Crippen LogP contribution >= 0.6 is 0 Å². The maximum absolute atomic E-state index is 13.7. The topological polar surface area (TPSA) is 52.6 Å². The van der Waals surface area contributed by atoms with Crippen LogP contribution in [0.15, 0.2) is 24.3 Å². The summed E-state index contributed by atoms with van der Waals surface area (Å²) in [7, 11) is 0. The molecule has 1 aliphatic rings. The van der Waals surface area contributed by atoms with E-state index >= 15 is 0 Å². The van der Waals surface area contributed by atoms with E-state index in [2.05, 4.69) is 5.32 Å². The summed E-state index contributed by atoms with van der Waals surface area (Å²) in [6.45, 7) is 3.82. The van der Waals surface area contributed by atoms with E-state index in [1.54, 1.807) is 23.1 Å². The van der Waals surface area contributed by atoms with Crippen LogP contribution in [-0.2, 0) is 11.3 Å². The van der Waals surface area contributed by atoms with Crippen molar-refractivity contribution >= 4 is 5.91 Å². The molecule has 1 aromatic carbocycles. The van der Waals surface area contributed by atoms with Crippen molar-refractivity contribution < 1.29 is 14.3 Å². The monoisotopic (exact) mass is 294 g/mol. The number of carbonyl (C=O) groups excluding carboxylic acids is 1. The average molecular weight is 294 g/mol. The van der Waals surface area contributed by atoms with Gasteiger partial charge in [-0.05, 0) is 31.9 Å². The highest BCUT2D eigenvalue weighted by molar-refractivity contribution is 5.86. The summed E-state index contributed by atoms with van der Waals surface area (Å²) in [5.41, 5.74) is -0.879. The van der Waals surface area contributed by atoms with Crippen LogP contribution < -0.4 is 5.32 Å². The van der Waals surface area contributed by atoms with Crippen LogP contribution in [0.4, 0.5) is 4.39 Å². The van der Waals surface area contributed by atoms with E-state index in [9.17, 15) is 14.3 Å². The third-order valence-corrected chi connectivity index (χ3v) is 3.87. The largest absolute Gasteiger partial charge is 0.379 e. The van der Waals surface area contributed by atoms with Gasteiger partial charge >= 0.3 is 0 Å². The number of hydrogen-bond acceptors (Lipinski definition) is 3. The summed E-state index contributed by atoms with van der Waals surface area (Å²) in [6, 6.07) is 6.44. The van der Waals surface area contributed by atoms with Crippen LogP contribution in [0.5, 0.6) is 0 Å². The zero-order valence-electron chi connectivity index (χ0n) is 12.4. The van der Waals surface area contributed by atoms with E-state index in [0.29, 0.717) is 18.5 Å². The lowest BCUT2D eigenvalue weighted by Crippen LogP contribution is -2.57. The minimum absolute atomic E-state index is 0.210. The number of amides is 1. The first-order chi connectivity index (χ1) is 10.1. The molecule has 21 heavy (non-hydrogen) atoms. The number of hydrogen-bond donors (Lipinski definition) is 2. The number of piperidine rings is 1. The third-order valence-electron chi connectivity index (χ3n) is 3.87. The second kappa shape index (κ2) is 7.00. The number of carbonyl (C=O) groups is 1. The Morgan fingerprint density at radius 3 is 2.90 bits per heavy atom. The van der Waals surface area contributed by atoms with Gasteiger partial charge in [-0.15, -0.1) is 0 Å². The van der Waals surface area contributed by atoms with Crippen LogP contribution in [0.1, 0.15) is 31.7 Å². The minimum Gasteiger partial charge on any atom is -0.379 e. The van der Waals surface area contributed by atoms with Crippen molar-refractivity contribution in [2.75, 3.05) is 19.6 Å². The number of aliphatic hydroxyl groups is 1. The van der Waals surface area contributed by atoms with E-state index in [1.165, 1.54) is 6.07 Å². The standard InChI is InChI=1S/C16H23FN2O2/c1-2-9-18-12-16(21)8-5-10-19(15(16)20)11-13-6-3-4-7-14(13)17/h3-4,6-7,18,21H,2,5,8-12H2,1H3/t16-/m0/s1. The van der Waals surface area contributed by atoms with Crippen LogP contribution in [-0.4, -0.2) is 41.1 Å². The fourth-order valence-electron chi connectivity index (χ4n) is 2.68. The van der Waals surface area contributed by atoms with Crippen LogP contribution in [0, 0.1) is 5.82 Å². The lowest BCUT2D eigenvalue weighted by molar-refractivity contribution is -0.157. The highest BCUT2D eigenvalue weighted by Gasteiger charge is 2.41. The summed E-state index contributed by atoms with van der Waals surface area (Å²) in [5, 5.41) is 13.6. The molecule has 2 N–H and O–H groups in total. The molecule has 1 amide bonds. The van der Waals surface area contributed by atoms with Crippen molar-refractivity contribution in [3.05, 3.63) is 35.6 Å². The minimum atomic E-state index is -1.36. The molecule has 5 heteroatoms. The average Bonchev–Trinajstić information content (AvgIpc) is 2.47. The highest BCUT2D eigenvalue weighted by Crippen LogP contribution is 2.24. The Morgan fingerprint density at radius 1 is 1.43 bits per heavy atom. The molecule has 0 aliphatic carbocycles. The molecule has 2 rings (SSSR count). The summed E-state index contributed by atoms with van der Waals surface area (Å²) >= 11 is 0. The SMILES string of the molecule is CCCNC[C@@]1(O)CCCN(Cc2ccccc2F)C1=O. The molecule has 0 radical (unpaired) electrons. The number of benzene rings is 1. The Hall–Kier alpha value is -1.46. The molecule has 4 nitrogen and oxygen atoms in total. The normalized spacial score (nSPS) is 22.6. The van der Waals surface area contributed by atoms with Gasteiger partial charge in [0.2, 0.25) is 0 Å². The summed E-state index contributed by atoms with van der Waals surface area (Å²) in [5.74, 6) is -0.621. The predicted molar refractivity (Wildman–Crippen MR) is 79.2 cm³/mol. The summed E-state index contributed by atoms with van der Waals surface area (Å²) in [4.78, 5) is 14.0.